The van der Waals surface area contributed by atoms with Gasteiger partial charge in [-0.1, -0.05) is 6.07 Å². The van der Waals surface area contributed by atoms with Crippen molar-refractivity contribution in [2.75, 3.05) is 10.3 Å². The topological polar surface area (TPSA) is 116 Å². The third kappa shape index (κ3) is 4.29. The Morgan fingerprint density at radius 3 is 2.71 bits per heavy atom. The molecule has 0 atom stereocenters. The quantitative estimate of drug-likeness (QED) is 0.505. The van der Waals surface area contributed by atoms with E-state index in [1.807, 2.05) is 32.0 Å². The lowest BCUT2D eigenvalue weighted by Gasteiger charge is -2.19. The van der Waals surface area contributed by atoms with Crippen LogP contribution in [0.15, 0.2) is 33.5 Å². The van der Waals surface area contributed by atoms with Gasteiger partial charge in [-0.15, -0.1) is 21.5 Å². The van der Waals surface area contributed by atoms with E-state index in [1.54, 1.807) is 17.2 Å². The summed E-state index contributed by atoms with van der Waals surface area (Å²) in [6.07, 6.45) is 1.47. The van der Waals surface area contributed by atoms with Gasteiger partial charge in [0, 0.05) is 12.3 Å². The molecule has 2 heterocycles. The zero-order chi connectivity index (χ0) is 20.3. The summed E-state index contributed by atoms with van der Waals surface area (Å²) in [5.74, 6) is -0.00508. The molecular weight excluding hydrogens is 378 g/mol. The van der Waals surface area contributed by atoms with Crippen molar-refractivity contribution in [1.82, 2.24) is 20.2 Å². The van der Waals surface area contributed by atoms with E-state index < -0.39 is 0 Å². The highest BCUT2D eigenvalue weighted by atomic mass is 32.1. The second-order valence-electron chi connectivity index (χ2n) is 6.14. The maximum Gasteiger partial charge on any atom is 0.274 e. The van der Waals surface area contributed by atoms with Crippen molar-refractivity contribution in [3.63, 3.8) is 0 Å². The molecule has 0 fully saturated rings. The summed E-state index contributed by atoms with van der Waals surface area (Å²) in [6, 6.07) is 5.83. The van der Waals surface area contributed by atoms with Gasteiger partial charge in [-0.2, -0.15) is 5.10 Å². The molecule has 0 saturated carbocycles. The zero-order valence-electron chi connectivity index (χ0n) is 15.8. The molecule has 0 aliphatic rings. The Bertz CT molecular complexity index is 1100. The first-order valence-corrected chi connectivity index (χ1v) is 9.29. The number of nitrogens with one attached hydrogen (secondary N) is 2. The van der Waals surface area contributed by atoms with Gasteiger partial charge in [0.15, 0.2) is 5.13 Å². The molecule has 2 aromatic heterocycles. The average molecular weight is 397 g/mol. The van der Waals surface area contributed by atoms with Crippen LogP contribution in [0.5, 0.6) is 0 Å². The molecule has 1 aromatic carbocycles. The minimum atomic E-state index is -0.339. The molecule has 10 heteroatoms. The van der Waals surface area contributed by atoms with Crippen molar-refractivity contribution in [3.8, 4) is 0 Å². The van der Waals surface area contributed by atoms with Gasteiger partial charge >= 0.3 is 0 Å². The first kappa shape index (κ1) is 19.4. The van der Waals surface area contributed by atoms with E-state index in [2.05, 4.69) is 30.7 Å². The van der Waals surface area contributed by atoms with E-state index in [1.165, 1.54) is 24.5 Å². The standard InChI is InChI=1S/C18H19N7O2S/c1-10-5-6-15(7-11(10)2)25(13(4)26)18-20-14(9-28-18)8-19-23-17-21-16(27)12(3)22-24-17/h5-9H,1-4H3,(H2,21,23,24,27)/b19-8-. The van der Waals surface area contributed by atoms with Crippen LogP contribution in [0.25, 0.3) is 0 Å². The number of carbonyl (C=O) groups excluding carboxylic acids is 1. The molecule has 0 aliphatic heterocycles. The molecule has 28 heavy (non-hydrogen) atoms. The number of thiazole rings is 1. The Labute approximate surface area is 165 Å². The largest absolute Gasteiger partial charge is 0.288 e. The highest BCUT2D eigenvalue weighted by Gasteiger charge is 2.18. The van der Waals surface area contributed by atoms with Gasteiger partial charge in [-0.05, 0) is 44.0 Å². The summed E-state index contributed by atoms with van der Waals surface area (Å²) in [5.41, 5.74) is 6.10. The molecule has 0 unspecified atom stereocenters. The number of aromatic nitrogens is 4. The molecule has 9 nitrogen and oxygen atoms in total. The highest BCUT2D eigenvalue weighted by molar-refractivity contribution is 7.14. The van der Waals surface area contributed by atoms with Gasteiger partial charge in [0.1, 0.15) is 5.69 Å². The van der Waals surface area contributed by atoms with Crippen molar-refractivity contribution in [2.45, 2.75) is 27.7 Å². The molecule has 1 amide bonds. The van der Waals surface area contributed by atoms with Crippen LogP contribution in [0.4, 0.5) is 16.8 Å². The summed E-state index contributed by atoms with van der Waals surface area (Å²) in [4.78, 5) is 32.2. The minimum Gasteiger partial charge on any atom is -0.288 e. The molecular formula is C18H19N7O2S. The van der Waals surface area contributed by atoms with Crippen molar-refractivity contribution in [1.29, 1.82) is 0 Å². The summed E-state index contributed by atoms with van der Waals surface area (Å²) in [6.45, 7) is 7.08. The Morgan fingerprint density at radius 1 is 1.25 bits per heavy atom. The maximum atomic E-state index is 12.2. The molecule has 2 N–H and O–H groups in total. The van der Waals surface area contributed by atoms with Crippen LogP contribution in [-0.2, 0) is 4.79 Å². The smallest absolute Gasteiger partial charge is 0.274 e. The van der Waals surface area contributed by atoms with E-state index in [4.69, 9.17) is 0 Å². The van der Waals surface area contributed by atoms with Crippen molar-refractivity contribution < 1.29 is 4.79 Å². The first-order valence-electron chi connectivity index (χ1n) is 8.41. The third-order valence-corrected chi connectivity index (χ3v) is 4.84. The molecule has 0 saturated heterocycles. The number of hydrogen-bond donors (Lipinski definition) is 2. The summed E-state index contributed by atoms with van der Waals surface area (Å²) in [7, 11) is 0. The Kier molecular flexibility index (Phi) is 5.59. The van der Waals surface area contributed by atoms with Crippen molar-refractivity contribution >= 4 is 40.2 Å². The predicted molar refractivity (Wildman–Crippen MR) is 109 cm³/mol. The minimum absolute atomic E-state index is 0.128. The van der Waals surface area contributed by atoms with Crippen molar-refractivity contribution in [2.24, 2.45) is 5.10 Å². The van der Waals surface area contributed by atoms with Gasteiger partial charge in [-0.3, -0.25) is 19.5 Å². The number of rotatable bonds is 5. The number of anilines is 3. The first-order chi connectivity index (χ1) is 13.3. The summed E-state index contributed by atoms with van der Waals surface area (Å²) in [5, 5.41) is 13.8. The van der Waals surface area contributed by atoms with Crippen LogP contribution in [0.3, 0.4) is 0 Å². The molecule has 3 aromatic rings. The molecule has 0 aliphatic carbocycles. The van der Waals surface area contributed by atoms with Gasteiger partial charge in [0.05, 0.1) is 17.6 Å². The lowest BCUT2D eigenvalue weighted by Crippen LogP contribution is -2.22. The van der Waals surface area contributed by atoms with Gasteiger partial charge in [-0.25, -0.2) is 10.4 Å². The van der Waals surface area contributed by atoms with Crippen LogP contribution in [-0.4, -0.2) is 32.3 Å². The number of aryl methyl sites for hydroxylation is 3. The Hall–Kier alpha value is -3.40. The predicted octanol–water partition coefficient (Wildman–Crippen LogP) is 2.68. The molecule has 144 valence electrons. The SMILES string of the molecule is CC(=O)N(c1ccc(C)c(C)c1)c1nc(/C=N\Nc2nnc(C)c(=O)[nH]2)cs1. The van der Waals surface area contributed by atoms with E-state index in [0.717, 1.165) is 16.8 Å². The van der Waals surface area contributed by atoms with Crippen LogP contribution < -0.4 is 15.9 Å². The monoisotopic (exact) mass is 397 g/mol. The van der Waals surface area contributed by atoms with Crippen LogP contribution in [0, 0.1) is 20.8 Å². The van der Waals surface area contributed by atoms with E-state index >= 15 is 0 Å². The maximum absolute atomic E-state index is 12.2. The third-order valence-electron chi connectivity index (χ3n) is 3.99. The normalized spacial score (nSPS) is 11.0. The second-order valence-corrected chi connectivity index (χ2v) is 6.97. The molecule has 0 spiro atoms. The average Bonchev–Trinajstić information content (AvgIpc) is 3.09. The van der Waals surface area contributed by atoms with E-state index in [9.17, 15) is 9.59 Å². The Balaban J connectivity index is 1.78. The van der Waals surface area contributed by atoms with Crippen molar-refractivity contribution in [3.05, 3.63) is 56.4 Å². The number of aromatic amines is 1. The van der Waals surface area contributed by atoms with Gasteiger partial charge < -0.3 is 0 Å². The van der Waals surface area contributed by atoms with E-state index in [-0.39, 0.29) is 23.1 Å². The number of benzene rings is 1. The van der Waals surface area contributed by atoms with Crippen LogP contribution >= 0.6 is 11.3 Å². The number of carbonyl (C=O) groups is 1. The lowest BCUT2D eigenvalue weighted by atomic mass is 10.1. The fourth-order valence-corrected chi connectivity index (χ4v) is 3.17. The fourth-order valence-electron chi connectivity index (χ4n) is 2.33. The van der Waals surface area contributed by atoms with Crippen LogP contribution in [0.2, 0.25) is 0 Å². The molecule has 3 rings (SSSR count). The van der Waals surface area contributed by atoms with E-state index in [0.29, 0.717) is 10.8 Å². The number of hydrazone groups is 1. The number of hydrogen-bond acceptors (Lipinski definition) is 8. The number of amides is 1. The van der Waals surface area contributed by atoms with Gasteiger partial charge in [0.25, 0.3) is 5.56 Å². The lowest BCUT2D eigenvalue weighted by molar-refractivity contribution is -0.115. The molecule has 0 radical (unpaired) electrons. The number of H-pyrrole nitrogens is 1. The molecule has 0 bridgehead atoms. The number of nitrogens with zero attached hydrogens (tertiary/aromatic N) is 5. The summed E-state index contributed by atoms with van der Waals surface area (Å²) < 4.78 is 0. The highest BCUT2D eigenvalue weighted by Crippen LogP contribution is 2.29. The Morgan fingerprint density at radius 2 is 2.04 bits per heavy atom. The zero-order valence-corrected chi connectivity index (χ0v) is 16.7. The van der Waals surface area contributed by atoms with Gasteiger partial charge in [0.2, 0.25) is 11.9 Å². The second kappa shape index (κ2) is 8.09. The summed E-state index contributed by atoms with van der Waals surface area (Å²) >= 11 is 1.33. The van der Waals surface area contributed by atoms with Crippen LogP contribution in [0.1, 0.15) is 29.4 Å². The fraction of sp³-hybridized carbons (Fsp3) is 0.222.